The molecule has 2 rings (SSSR count). The SMILES string of the molecule is CCc1oc(C(=O)N(C)Cc2nonc2C)cc1CN(CC)CC. The highest BCUT2D eigenvalue weighted by atomic mass is 16.6. The lowest BCUT2D eigenvalue weighted by atomic mass is 10.2. The Labute approximate surface area is 142 Å². The van der Waals surface area contributed by atoms with Crippen LogP contribution in [-0.4, -0.2) is 46.2 Å². The number of aryl methyl sites for hydroxylation is 2. The Bertz CT molecular complexity index is 673. The third kappa shape index (κ3) is 4.03. The quantitative estimate of drug-likeness (QED) is 0.739. The third-order valence-electron chi connectivity index (χ3n) is 4.20. The molecule has 0 unspecified atom stereocenters. The van der Waals surface area contributed by atoms with Crippen LogP contribution in [0, 0.1) is 6.92 Å². The van der Waals surface area contributed by atoms with Gasteiger partial charge in [-0.1, -0.05) is 31.1 Å². The topological polar surface area (TPSA) is 75.6 Å². The second-order valence-electron chi connectivity index (χ2n) is 5.83. The van der Waals surface area contributed by atoms with E-state index in [1.54, 1.807) is 18.9 Å². The van der Waals surface area contributed by atoms with Crippen LogP contribution in [0.1, 0.15) is 54.0 Å². The first-order chi connectivity index (χ1) is 11.5. The molecule has 0 fully saturated rings. The van der Waals surface area contributed by atoms with Crippen molar-refractivity contribution in [3.63, 3.8) is 0 Å². The molecule has 0 aromatic carbocycles. The van der Waals surface area contributed by atoms with E-state index < -0.39 is 0 Å². The Kier molecular flexibility index (Phi) is 6.14. The average Bonchev–Trinajstić information content (AvgIpc) is 3.18. The molecule has 2 aromatic rings. The predicted octanol–water partition coefficient (Wildman–Crippen LogP) is 2.65. The van der Waals surface area contributed by atoms with Gasteiger partial charge in [-0.25, -0.2) is 4.63 Å². The lowest BCUT2D eigenvalue weighted by molar-refractivity contribution is 0.0748. The monoisotopic (exact) mass is 334 g/mol. The van der Waals surface area contributed by atoms with Gasteiger partial charge in [-0.2, -0.15) is 0 Å². The number of hydrogen-bond acceptors (Lipinski definition) is 6. The molecule has 0 aliphatic heterocycles. The van der Waals surface area contributed by atoms with Gasteiger partial charge in [0.25, 0.3) is 5.91 Å². The van der Waals surface area contributed by atoms with Crippen LogP contribution in [0.25, 0.3) is 0 Å². The number of furan rings is 1. The zero-order valence-electron chi connectivity index (χ0n) is 15.1. The summed E-state index contributed by atoms with van der Waals surface area (Å²) >= 11 is 0. The number of hydrogen-bond donors (Lipinski definition) is 0. The molecule has 7 heteroatoms. The molecule has 0 spiro atoms. The van der Waals surface area contributed by atoms with Crippen molar-refractivity contribution >= 4 is 5.91 Å². The van der Waals surface area contributed by atoms with Crippen molar-refractivity contribution in [1.29, 1.82) is 0 Å². The molecule has 0 atom stereocenters. The normalized spacial score (nSPS) is 11.2. The number of amides is 1. The van der Waals surface area contributed by atoms with E-state index in [1.807, 2.05) is 13.0 Å². The summed E-state index contributed by atoms with van der Waals surface area (Å²) in [7, 11) is 1.72. The fraction of sp³-hybridized carbons (Fsp3) is 0.588. The van der Waals surface area contributed by atoms with Gasteiger partial charge in [0.05, 0.1) is 6.54 Å². The Balaban J connectivity index is 2.14. The lowest BCUT2D eigenvalue weighted by Crippen LogP contribution is -2.26. The van der Waals surface area contributed by atoms with Gasteiger partial charge in [-0.15, -0.1) is 0 Å². The minimum Gasteiger partial charge on any atom is -0.456 e. The third-order valence-corrected chi connectivity index (χ3v) is 4.20. The van der Waals surface area contributed by atoms with Crippen LogP contribution >= 0.6 is 0 Å². The van der Waals surface area contributed by atoms with Crippen LogP contribution in [-0.2, 0) is 19.5 Å². The van der Waals surface area contributed by atoms with Crippen molar-refractivity contribution in [1.82, 2.24) is 20.1 Å². The van der Waals surface area contributed by atoms with E-state index in [1.165, 1.54) is 0 Å². The van der Waals surface area contributed by atoms with E-state index in [0.717, 1.165) is 37.4 Å². The second-order valence-corrected chi connectivity index (χ2v) is 5.83. The highest BCUT2D eigenvalue weighted by Gasteiger charge is 2.21. The Hall–Kier alpha value is -2.15. The van der Waals surface area contributed by atoms with Crippen LogP contribution in [0.2, 0.25) is 0 Å². The van der Waals surface area contributed by atoms with E-state index >= 15 is 0 Å². The Morgan fingerprint density at radius 2 is 1.88 bits per heavy atom. The maximum atomic E-state index is 12.6. The summed E-state index contributed by atoms with van der Waals surface area (Å²) in [4.78, 5) is 16.5. The fourth-order valence-corrected chi connectivity index (χ4v) is 2.57. The van der Waals surface area contributed by atoms with Crippen molar-refractivity contribution in [2.75, 3.05) is 20.1 Å². The average molecular weight is 334 g/mol. The van der Waals surface area contributed by atoms with Gasteiger partial charge in [0.1, 0.15) is 17.1 Å². The molecule has 0 saturated heterocycles. The predicted molar refractivity (Wildman–Crippen MR) is 89.5 cm³/mol. The molecule has 0 aliphatic carbocycles. The van der Waals surface area contributed by atoms with Crippen molar-refractivity contribution in [3.8, 4) is 0 Å². The fourth-order valence-electron chi connectivity index (χ4n) is 2.57. The van der Waals surface area contributed by atoms with E-state index in [-0.39, 0.29) is 5.91 Å². The van der Waals surface area contributed by atoms with Crippen molar-refractivity contribution in [2.24, 2.45) is 0 Å². The van der Waals surface area contributed by atoms with Gasteiger partial charge in [0, 0.05) is 25.6 Å². The highest BCUT2D eigenvalue weighted by molar-refractivity contribution is 5.91. The summed E-state index contributed by atoms with van der Waals surface area (Å²) in [6.45, 7) is 11.2. The van der Waals surface area contributed by atoms with Gasteiger partial charge in [0.15, 0.2) is 5.76 Å². The number of carbonyl (C=O) groups excluding carboxylic acids is 1. The molecule has 0 aliphatic rings. The van der Waals surface area contributed by atoms with Crippen molar-refractivity contribution < 1.29 is 13.8 Å². The minimum absolute atomic E-state index is 0.169. The summed E-state index contributed by atoms with van der Waals surface area (Å²) in [5.74, 6) is 1.07. The first-order valence-electron chi connectivity index (χ1n) is 8.37. The van der Waals surface area contributed by atoms with Crippen LogP contribution in [0.3, 0.4) is 0 Å². The maximum absolute atomic E-state index is 12.6. The van der Waals surface area contributed by atoms with Crippen LogP contribution in [0.4, 0.5) is 0 Å². The first kappa shape index (κ1) is 18.2. The standard InChI is InChI=1S/C17H26N4O3/c1-6-15-13(10-21(7-2)8-3)9-16(23-15)17(22)20(5)11-14-12(4)18-24-19-14/h9H,6-8,10-11H2,1-5H3. The molecule has 0 N–H and O–H groups in total. The number of nitrogens with zero attached hydrogens (tertiary/aromatic N) is 4. The zero-order valence-corrected chi connectivity index (χ0v) is 15.1. The zero-order chi connectivity index (χ0) is 17.7. The molecule has 0 radical (unpaired) electrons. The molecule has 2 heterocycles. The molecule has 2 aromatic heterocycles. The van der Waals surface area contributed by atoms with E-state index in [2.05, 4.69) is 33.7 Å². The molecule has 1 amide bonds. The molecule has 7 nitrogen and oxygen atoms in total. The van der Waals surface area contributed by atoms with E-state index in [0.29, 0.717) is 23.7 Å². The van der Waals surface area contributed by atoms with Crippen LogP contribution < -0.4 is 0 Å². The highest BCUT2D eigenvalue weighted by Crippen LogP contribution is 2.20. The molecular weight excluding hydrogens is 308 g/mol. The smallest absolute Gasteiger partial charge is 0.289 e. The molecule has 24 heavy (non-hydrogen) atoms. The van der Waals surface area contributed by atoms with Crippen molar-refractivity contribution in [3.05, 3.63) is 34.5 Å². The summed E-state index contributed by atoms with van der Waals surface area (Å²) in [5, 5.41) is 7.55. The van der Waals surface area contributed by atoms with E-state index in [9.17, 15) is 4.79 Å². The Morgan fingerprint density at radius 3 is 2.42 bits per heavy atom. The molecular formula is C17H26N4O3. The number of carbonyl (C=O) groups is 1. The van der Waals surface area contributed by atoms with Gasteiger partial charge >= 0.3 is 0 Å². The van der Waals surface area contributed by atoms with E-state index in [4.69, 9.17) is 4.42 Å². The summed E-state index contributed by atoms with van der Waals surface area (Å²) in [6.07, 6.45) is 0.764. The molecule has 0 bridgehead atoms. The summed E-state index contributed by atoms with van der Waals surface area (Å²) in [6, 6.07) is 1.86. The summed E-state index contributed by atoms with van der Waals surface area (Å²) < 4.78 is 10.5. The maximum Gasteiger partial charge on any atom is 0.289 e. The first-order valence-corrected chi connectivity index (χ1v) is 8.37. The van der Waals surface area contributed by atoms with Gasteiger partial charge < -0.3 is 9.32 Å². The van der Waals surface area contributed by atoms with Gasteiger partial charge in [0.2, 0.25) is 0 Å². The van der Waals surface area contributed by atoms with Crippen LogP contribution in [0.15, 0.2) is 15.1 Å². The minimum atomic E-state index is -0.169. The Morgan fingerprint density at radius 1 is 1.17 bits per heavy atom. The van der Waals surface area contributed by atoms with Crippen LogP contribution in [0.5, 0.6) is 0 Å². The van der Waals surface area contributed by atoms with Gasteiger partial charge in [-0.05, 0) is 26.1 Å². The molecule has 132 valence electrons. The van der Waals surface area contributed by atoms with Gasteiger partial charge in [-0.3, -0.25) is 9.69 Å². The number of aromatic nitrogens is 2. The van der Waals surface area contributed by atoms with Crippen molar-refractivity contribution in [2.45, 2.75) is 47.2 Å². The molecule has 0 saturated carbocycles. The second kappa shape index (κ2) is 8.10. The summed E-state index contributed by atoms with van der Waals surface area (Å²) in [5.41, 5.74) is 2.42. The number of rotatable bonds is 8. The largest absolute Gasteiger partial charge is 0.456 e. The lowest BCUT2D eigenvalue weighted by Gasteiger charge is -2.17.